The topological polar surface area (TPSA) is 60.6 Å². The lowest BCUT2D eigenvalue weighted by Gasteiger charge is -2.16. The van der Waals surface area contributed by atoms with Crippen molar-refractivity contribution >= 4 is 0 Å². The van der Waals surface area contributed by atoms with Crippen LogP contribution in [0.1, 0.15) is 29.7 Å². The third kappa shape index (κ3) is 2.90. The number of nitrogens with one attached hydrogen (secondary N) is 1. The predicted molar refractivity (Wildman–Crippen MR) is 78.6 cm³/mol. The molecule has 6 heteroatoms. The average molecular weight is 276 g/mol. The minimum Gasteiger partial charge on any atom is -0.316 e. The minimum atomic E-state index is 0.339. The van der Waals surface area contributed by atoms with E-state index in [0.29, 0.717) is 6.04 Å². The van der Waals surface area contributed by atoms with Gasteiger partial charge in [-0.05, 0) is 39.8 Å². The molecule has 0 saturated carbocycles. The maximum atomic E-state index is 4.48. The highest BCUT2D eigenvalue weighted by molar-refractivity contribution is 5.25. The van der Waals surface area contributed by atoms with Gasteiger partial charge in [-0.3, -0.25) is 9.36 Å². The molecule has 0 bridgehead atoms. The van der Waals surface area contributed by atoms with E-state index in [-0.39, 0.29) is 0 Å². The van der Waals surface area contributed by atoms with Crippen LogP contribution in [0.5, 0.6) is 0 Å². The molecule has 0 aliphatic rings. The van der Waals surface area contributed by atoms with Crippen LogP contribution < -0.4 is 5.32 Å². The van der Waals surface area contributed by atoms with Crippen molar-refractivity contribution in [2.24, 2.45) is 7.05 Å². The van der Waals surface area contributed by atoms with Crippen molar-refractivity contribution < 1.29 is 0 Å². The van der Waals surface area contributed by atoms with Gasteiger partial charge in [-0.1, -0.05) is 0 Å². The average Bonchev–Trinajstić information content (AvgIpc) is 2.97. The third-order valence-corrected chi connectivity index (χ3v) is 3.94. The molecule has 1 atom stereocenters. The second-order valence-electron chi connectivity index (χ2n) is 5.16. The molecule has 2 aromatic rings. The number of rotatable bonds is 6. The van der Waals surface area contributed by atoms with E-state index in [1.165, 1.54) is 11.3 Å². The normalized spacial score (nSPS) is 12.8. The summed E-state index contributed by atoms with van der Waals surface area (Å²) in [6, 6.07) is 0.339. The zero-order valence-corrected chi connectivity index (χ0v) is 13.0. The highest BCUT2D eigenvalue weighted by atomic mass is 15.3. The highest BCUT2D eigenvalue weighted by Gasteiger charge is 2.17. The SMILES string of the molecule is CCn1ncnc1CC(Cc1c(C)nn(C)c1C)NC. The molecule has 6 nitrogen and oxygen atoms in total. The van der Waals surface area contributed by atoms with Gasteiger partial charge in [-0.2, -0.15) is 10.2 Å². The van der Waals surface area contributed by atoms with Crippen LogP contribution in [0.2, 0.25) is 0 Å². The van der Waals surface area contributed by atoms with Gasteiger partial charge in [0.05, 0.1) is 5.69 Å². The summed E-state index contributed by atoms with van der Waals surface area (Å²) >= 11 is 0. The van der Waals surface area contributed by atoms with Gasteiger partial charge in [0.15, 0.2) is 0 Å². The van der Waals surface area contributed by atoms with Crippen LogP contribution in [0.15, 0.2) is 6.33 Å². The number of hydrogen-bond acceptors (Lipinski definition) is 4. The first-order valence-electron chi connectivity index (χ1n) is 7.09. The van der Waals surface area contributed by atoms with Gasteiger partial charge in [0, 0.05) is 31.7 Å². The predicted octanol–water partition coefficient (Wildman–Crippen LogP) is 1.02. The number of hydrogen-bond donors (Lipinski definition) is 1. The van der Waals surface area contributed by atoms with E-state index in [0.717, 1.165) is 30.9 Å². The van der Waals surface area contributed by atoms with Gasteiger partial charge in [-0.25, -0.2) is 4.98 Å². The summed E-state index contributed by atoms with van der Waals surface area (Å²) in [6.07, 6.45) is 3.46. The van der Waals surface area contributed by atoms with Crippen molar-refractivity contribution in [2.75, 3.05) is 7.05 Å². The van der Waals surface area contributed by atoms with Gasteiger partial charge in [0.2, 0.25) is 0 Å². The Hall–Kier alpha value is -1.69. The zero-order valence-electron chi connectivity index (χ0n) is 13.0. The van der Waals surface area contributed by atoms with Crippen LogP contribution in [0.4, 0.5) is 0 Å². The van der Waals surface area contributed by atoms with Crippen molar-refractivity contribution in [1.29, 1.82) is 0 Å². The van der Waals surface area contributed by atoms with Gasteiger partial charge in [-0.15, -0.1) is 0 Å². The van der Waals surface area contributed by atoms with E-state index in [1.807, 2.05) is 23.5 Å². The molecule has 0 aliphatic carbocycles. The Bertz CT molecular complexity index is 568. The molecular weight excluding hydrogens is 252 g/mol. The first-order chi connectivity index (χ1) is 9.56. The quantitative estimate of drug-likeness (QED) is 0.856. The fourth-order valence-corrected chi connectivity index (χ4v) is 2.57. The first kappa shape index (κ1) is 14.7. The maximum absolute atomic E-state index is 4.48. The van der Waals surface area contributed by atoms with Gasteiger partial charge >= 0.3 is 0 Å². The Kier molecular flexibility index (Phi) is 4.54. The lowest BCUT2D eigenvalue weighted by molar-refractivity contribution is 0.511. The number of aromatic nitrogens is 5. The molecule has 2 heterocycles. The Labute approximate surface area is 120 Å². The molecule has 0 fully saturated rings. The molecule has 1 unspecified atom stereocenters. The molecule has 0 amide bonds. The summed E-state index contributed by atoms with van der Waals surface area (Å²) in [5.41, 5.74) is 3.68. The van der Waals surface area contributed by atoms with Crippen LogP contribution in [0.25, 0.3) is 0 Å². The Morgan fingerprint density at radius 3 is 2.60 bits per heavy atom. The van der Waals surface area contributed by atoms with Crippen molar-refractivity contribution in [1.82, 2.24) is 29.9 Å². The van der Waals surface area contributed by atoms with E-state index in [4.69, 9.17) is 0 Å². The summed E-state index contributed by atoms with van der Waals surface area (Å²) in [7, 11) is 3.99. The van der Waals surface area contributed by atoms with Gasteiger partial charge in [0.25, 0.3) is 0 Å². The second kappa shape index (κ2) is 6.17. The Morgan fingerprint density at radius 2 is 2.05 bits per heavy atom. The lowest BCUT2D eigenvalue weighted by atomic mass is 10.0. The smallest absolute Gasteiger partial charge is 0.138 e. The van der Waals surface area contributed by atoms with E-state index < -0.39 is 0 Å². The van der Waals surface area contributed by atoms with Crippen molar-refractivity contribution in [2.45, 2.75) is 46.2 Å². The Morgan fingerprint density at radius 1 is 1.30 bits per heavy atom. The standard InChI is InChI=1S/C14H24N6/c1-6-20-14(16-9-17-20)8-12(15-4)7-13-10(2)18-19(5)11(13)3/h9,12,15H,6-8H2,1-5H3. The number of aryl methyl sites for hydroxylation is 3. The fourth-order valence-electron chi connectivity index (χ4n) is 2.57. The summed E-state index contributed by atoms with van der Waals surface area (Å²) in [5, 5.41) is 12.1. The molecule has 0 radical (unpaired) electrons. The van der Waals surface area contributed by atoms with Gasteiger partial charge in [0.1, 0.15) is 12.2 Å². The van der Waals surface area contributed by atoms with Gasteiger partial charge < -0.3 is 5.32 Å². The summed E-state index contributed by atoms with van der Waals surface area (Å²) in [5.74, 6) is 1.03. The zero-order chi connectivity index (χ0) is 14.7. The number of nitrogens with zero attached hydrogens (tertiary/aromatic N) is 5. The lowest BCUT2D eigenvalue weighted by Crippen LogP contribution is -2.31. The summed E-state index contributed by atoms with van der Waals surface area (Å²) in [6.45, 7) is 7.14. The Balaban J connectivity index is 2.13. The molecule has 20 heavy (non-hydrogen) atoms. The molecule has 110 valence electrons. The highest BCUT2D eigenvalue weighted by Crippen LogP contribution is 2.15. The van der Waals surface area contributed by atoms with Crippen LogP contribution in [-0.4, -0.2) is 37.6 Å². The molecule has 0 aromatic carbocycles. The molecular formula is C14H24N6. The number of likely N-dealkylation sites (N-methyl/N-ethyl adjacent to an activating group) is 1. The second-order valence-corrected chi connectivity index (χ2v) is 5.16. The maximum Gasteiger partial charge on any atom is 0.138 e. The van der Waals surface area contributed by atoms with Crippen molar-refractivity contribution in [3.8, 4) is 0 Å². The van der Waals surface area contributed by atoms with E-state index in [2.05, 4.69) is 41.3 Å². The van der Waals surface area contributed by atoms with E-state index in [9.17, 15) is 0 Å². The third-order valence-electron chi connectivity index (χ3n) is 3.94. The fraction of sp³-hybridized carbons (Fsp3) is 0.643. The minimum absolute atomic E-state index is 0.339. The monoisotopic (exact) mass is 276 g/mol. The van der Waals surface area contributed by atoms with Crippen molar-refractivity contribution in [3.63, 3.8) is 0 Å². The van der Waals surface area contributed by atoms with E-state index in [1.54, 1.807) is 6.33 Å². The van der Waals surface area contributed by atoms with Crippen LogP contribution in [0.3, 0.4) is 0 Å². The first-order valence-corrected chi connectivity index (χ1v) is 7.09. The molecule has 0 saturated heterocycles. The molecule has 0 spiro atoms. The van der Waals surface area contributed by atoms with Crippen molar-refractivity contribution in [3.05, 3.63) is 29.1 Å². The molecule has 2 aromatic heterocycles. The molecule has 1 N–H and O–H groups in total. The largest absolute Gasteiger partial charge is 0.316 e. The summed E-state index contributed by atoms with van der Waals surface area (Å²) in [4.78, 5) is 4.36. The van der Waals surface area contributed by atoms with E-state index >= 15 is 0 Å². The summed E-state index contributed by atoms with van der Waals surface area (Å²) < 4.78 is 3.90. The van der Waals surface area contributed by atoms with Crippen LogP contribution in [-0.2, 0) is 26.4 Å². The molecule has 2 rings (SSSR count). The molecule has 0 aliphatic heterocycles. The van der Waals surface area contributed by atoms with Crippen LogP contribution >= 0.6 is 0 Å². The van der Waals surface area contributed by atoms with Crippen LogP contribution in [0, 0.1) is 13.8 Å².